The first-order valence-electron chi connectivity index (χ1n) is 7.17. The van der Waals surface area contributed by atoms with Gasteiger partial charge in [0.05, 0.1) is 5.54 Å². The summed E-state index contributed by atoms with van der Waals surface area (Å²) in [7, 11) is 1.71. The Balaban J connectivity index is 4.65. The average molecular weight is 256 g/mol. The van der Waals surface area contributed by atoms with E-state index in [1.807, 2.05) is 6.92 Å². The third kappa shape index (κ3) is 4.97. The lowest BCUT2D eigenvalue weighted by molar-refractivity contribution is -0.127. The molecule has 0 aliphatic rings. The second-order valence-electron chi connectivity index (χ2n) is 6.51. The molecule has 0 heterocycles. The van der Waals surface area contributed by atoms with Crippen LogP contribution >= 0.6 is 0 Å². The molecule has 0 fully saturated rings. The maximum atomic E-state index is 12.1. The van der Waals surface area contributed by atoms with Crippen LogP contribution < -0.4 is 10.6 Å². The number of nitrogens with one attached hydrogen (secondary N) is 2. The Hall–Kier alpha value is -0.570. The van der Waals surface area contributed by atoms with Crippen molar-refractivity contribution in [3.8, 4) is 0 Å². The van der Waals surface area contributed by atoms with Gasteiger partial charge in [0.25, 0.3) is 0 Å². The number of carbonyl (C=O) groups excluding carboxylic acids is 1. The third-order valence-corrected chi connectivity index (χ3v) is 4.26. The van der Waals surface area contributed by atoms with Crippen LogP contribution in [0.2, 0.25) is 0 Å². The largest absolute Gasteiger partial charge is 0.358 e. The maximum absolute atomic E-state index is 12.1. The van der Waals surface area contributed by atoms with Crippen LogP contribution in [-0.2, 0) is 4.79 Å². The van der Waals surface area contributed by atoms with Crippen LogP contribution in [0.15, 0.2) is 0 Å². The van der Waals surface area contributed by atoms with Gasteiger partial charge in [-0.25, -0.2) is 0 Å². The van der Waals surface area contributed by atoms with E-state index < -0.39 is 5.54 Å². The van der Waals surface area contributed by atoms with E-state index in [0.717, 1.165) is 25.8 Å². The zero-order valence-electron chi connectivity index (χ0n) is 13.3. The Labute approximate surface area is 113 Å². The highest BCUT2D eigenvalue weighted by Gasteiger charge is 2.34. The summed E-state index contributed by atoms with van der Waals surface area (Å²) in [6, 6.07) is 0. The fourth-order valence-corrected chi connectivity index (χ4v) is 1.72. The molecule has 108 valence electrons. The molecule has 2 N–H and O–H groups in total. The van der Waals surface area contributed by atoms with Gasteiger partial charge in [0.1, 0.15) is 0 Å². The van der Waals surface area contributed by atoms with E-state index in [2.05, 4.69) is 45.3 Å². The molecular formula is C15H32N2O. The highest BCUT2D eigenvalue weighted by atomic mass is 16.2. The average Bonchev–Trinajstić information content (AvgIpc) is 2.32. The molecule has 3 nitrogen and oxygen atoms in total. The van der Waals surface area contributed by atoms with Crippen LogP contribution in [0.4, 0.5) is 0 Å². The predicted octanol–water partition coefficient (Wildman–Crippen LogP) is 2.95. The minimum Gasteiger partial charge on any atom is -0.358 e. The van der Waals surface area contributed by atoms with Crippen molar-refractivity contribution in [2.45, 2.75) is 66.3 Å². The van der Waals surface area contributed by atoms with Gasteiger partial charge < -0.3 is 10.6 Å². The van der Waals surface area contributed by atoms with E-state index in [1.54, 1.807) is 7.05 Å². The van der Waals surface area contributed by atoms with Crippen molar-refractivity contribution in [2.24, 2.45) is 11.3 Å². The molecule has 0 bridgehead atoms. The van der Waals surface area contributed by atoms with E-state index in [4.69, 9.17) is 0 Å². The van der Waals surface area contributed by atoms with Crippen LogP contribution in [-0.4, -0.2) is 25.0 Å². The molecule has 0 aliphatic carbocycles. The van der Waals surface area contributed by atoms with Crippen LogP contribution in [0.5, 0.6) is 0 Å². The van der Waals surface area contributed by atoms with E-state index in [1.165, 1.54) is 0 Å². The molecule has 1 unspecified atom stereocenters. The van der Waals surface area contributed by atoms with Crippen molar-refractivity contribution >= 4 is 5.91 Å². The molecular weight excluding hydrogens is 224 g/mol. The third-order valence-electron chi connectivity index (χ3n) is 4.26. The second kappa shape index (κ2) is 7.13. The van der Waals surface area contributed by atoms with Crippen LogP contribution in [0.3, 0.4) is 0 Å². The van der Waals surface area contributed by atoms with Crippen molar-refractivity contribution in [3.05, 3.63) is 0 Å². The van der Waals surface area contributed by atoms with E-state index in [9.17, 15) is 4.79 Å². The highest BCUT2D eigenvalue weighted by Crippen LogP contribution is 2.26. The molecule has 0 aromatic rings. The summed E-state index contributed by atoms with van der Waals surface area (Å²) in [6.45, 7) is 14.0. The van der Waals surface area contributed by atoms with Crippen LogP contribution in [0.25, 0.3) is 0 Å². The molecule has 0 saturated carbocycles. The zero-order valence-corrected chi connectivity index (χ0v) is 13.3. The first kappa shape index (κ1) is 17.4. The summed E-state index contributed by atoms with van der Waals surface area (Å²) >= 11 is 0. The lowest BCUT2D eigenvalue weighted by atomic mass is 9.80. The van der Waals surface area contributed by atoms with Gasteiger partial charge >= 0.3 is 0 Å². The number of likely N-dealkylation sites (N-methyl/N-ethyl adjacent to an activating group) is 1. The van der Waals surface area contributed by atoms with Gasteiger partial charge in [0, 0.05) is 13.6 Å². The topological polar surface area (TPSA) is 41.1 Å². The SMILES string of the molecule is CCCCC(C)(NCC(C)(C)C(C)C)C(=O)NC. The second-order valence-corrected chi connectivity index (χ2v) is 6.51. The maximum Gasteiger partial charge on any atom is 0.239 e. The minimum absolute atomic E-state index is 0.0931. The number of rotatable bonds is 8. The summed E-state index contributed by atoms with van der Waals surface area (Å²) < 4.78 is 0. The molecule has 3 heteroatoms. The molecule has 0 aliphatic heterocycles. The van der Waals surface area contributed by atoms with Crippen molar-refractivity contribution in [1.29, 1.82) is 0 Å². The first-order valence-corrected chi connectivity index (χ1v) is 7.17. The summed E-state index contributed by atoms with van der Waals surface area (Å²) in [6.07, 6.45) is 3.07. The number of hydrogen-bond donors (Lipinski definition) is 2. The molecule has 1 atom stereocenters. The Morgan fingerprint density at radius 1 is 1.22 bits per heavy atom. The molecule has 0 spiro atoms. The van der Waals surface area contributed by atoms with E-state index in [0.29, 0.717) is 5.92 Å². The molecule has 0 aromatic heterocycles. The van der Waals surface area contributed by atoms with Crippen LogP contribution in [0.1, 0.15) is 60.8 Å². The molecule has 18 heavy (non-hydrogen) atoms. The first-order chi connectivity index (χ1) is 8.19. The van der Waals surface area contributed by atoms with E-state index >= 15 is 0 Å². The number of amides is 1. The minimum atomic E-state index is -0.448. The summed E-state index contributed by atoms with van der Waals surface area (Å²) in [5.41, 5.74) is -0.252. The highest BCUT2D eigenvalue weighted by molar-refractivity contribution is 5.85. The summed E-state index contributed by atoms with van der Waals surface area (Å²) in [4.78, 5) is 12.1. The Bertz CT molecular complexity index is 261. The van der Waals surface area contributed by atoms with Crippen molar-refractivity contribution < 1.29 is 4.79 Å². The molecule has 0 rings (SSSR count). The normalized spacial score (nSPS) is 15.6. The van der Waals surface area contributed by atoms with Gasteiger partial charge in [-0.15, -0.1) is 0 Å². The van der Waals surface area contributed by atoms with Crippen molar-refractivity contribution in [2.75, 3.05) is 13.6 Å². The van der Waals surface area contributed by atoms with Crippen LogP contribution in [0, 0.1) is 11.3 Å². The Morgan fingerprint density at radius 3 is 2.17 bits per heavy atom. The fourth-order valence-electron chi connectivity index (χ4n) is 1.72. The number of hydrogen-bond acceptors (Lipinski definition) is 2. The fraction of sp³-hybridized carbons (Fsp3) is 0.933. The molecule has 1 amide bonds. The number of carbonyl (C=O) groups is 1. The monoisotopic (exact) mass is 256 g/mol. The Morgan fingerprint density at radius 2 is 1.78 bits per heavy atom. The summed E-state index contributed by atoms with van der Waals surface area (Å²) in [5, 5.41) is 6.27. The van der Waals surface area contributed by atoms with Crippen molar-refractivity contribution in [1.82, 2.24) is 10.6 Å². The van der Waals surface area contributed by atoms with Gasteiger partial charge in [-0.1, -0.05) is 47.5 Å². The quantitative estimate of drug-likeness (QED) is 0.701. The van der Waals surface area contributed by atoms with Gasteiger partial charge in [0.15, 0.2) is 0 Å². The van der Waals surface area contributed by atoms with Gasteiger partial charge in [-0.2, -0.15) is 0 Å². The lowest BCUT2D eigenvalue weighted by Crippen LogP contribution is -2.56. The number of unbranched alkanes of at least 4 members (excludes halogenated alkanes) is 1. The van der Waals surface area contributed by atoms with Crippen molar-refractivity contribution in [3.63, 3.8) is 0 Å². The van der Waals surface area contributed by atoms with Gasteiger partial charge in [-0.05, 0) is 24.7 Å². The van der Waals surface area contributed by atoms with E-state index in [-0.39, 0.29) is 11.3 Å². The Kier molecular flexibility index (Phi) is 6.90. The smallest absolute Gasteiger partial charge is 0.239 e. The summed E-state index contributed by atoms with van der Waals surface area (Å²) in [5.74, 6) is 0.681. The molecule has 0 saturated heterocycles. The molecule has 0 aromatic carbocycles. The van der Waals surface area contributed by atoms with Gasteiger partial charge in [-0.3, -0.25) is 4.79 Å². The standard InChI is InChI=1S/C15H32N2O/c1-8-9-10-15(6,13(18)16-7)17-11-14(4,5)12(2)3/h12,17H,8-11H2,1-7H3,(H,16,18). The predicted molar refractivity (Wildman–Crippen MR) is 78.6 cm³/mol. The molecule has 0 radical (unpaired) electrons. The lowest BCUT2D eigenvalue weighted by Gasteiger charge is -2.36. The van der Waals surface area contributed by atoms with Gasteiger partial charge in [0.2, 0.25) is 5.91 Å². The zero-order chi connectivity index (χ0) is 14.4.